The lowest BCUT2D eigenvalue weighted by molar-refractivity contribution is 0.302. The Labute approximate surface area is 152 Å². The molecule has 0 fully saturated rings. The fourth-order valence-corrected chi connectivity index (χ4v) is 2.89. The van der Waals surface area contributed by atoms with E-state index in [1.807, 2.05) is 40.7 Å². The van der Waals surface area contributed by atoms with Gasteiger partial charge in [0.1, 0.15) is 22.9 Å². The highest BCUT2D eigenvalue weighted by Crippen LogP contribution is 2.23. The topological polar surface area (TPSA) is 57.2 Å². The Balaban J connectivity index is 2.01. The van der Waals surface area contributed by atoms with Crippen molar-refractivity contribution in [1.82, 2.24) is 9.71 Å². The summed E-state index contributed by atoms with van der Waals surface area (Å²) in [7, 11) is 0. The normalized spacial score (nSPS) is 14.2. The molecule has 2 aromatic rings. The summed E-state index contributed by atoms with van der Waals surface area (Å²) in [6.45, 7) is 10.0. The van der Waals surface area contributed by atoms with Crippen molar-refractivity contribution in [3.05, 3.63) is 59.2 Å². The average molecular weight is 364 g/mol. The Kier molecular flexibility index (Phi) is 6.43. The number of hydrogen-bond acceptors (Lipinski definition) is 4. The van der Waals surface area contributed by atoms with Crippen LogP contribution in [0.3, 0.4) is 0 Å². The molecule has 2 unspecified atom stereocenters. The monoisotopic (exact) mass is 364 g/mol. The highest BCUT2D eigenvalue weighted by Gasteiger charge is 2.28. The first-order valence-corrected chi connectivity index (χ1v) is 9.33. The van der Waals surface area contributed by atoms with E-state index in [1.165, 1.54) is 12.1 Å². The summed E-state index contributed by atoms with van der Waals surface area (Å²) < 4.78 is 33.6. The number of halogens is 1. The molecule has 0 aliphatic rings. The number of hydrogen-bond donors (Lipinski definition) is 1. The van der Waals surface area contributed by atoms with E-state index in [0.717, 1.165) is 16.8 Å². The van der Waals surface area contributed by atoms with Gasteiger partial charge in [-0.3, -0.25) is 4.98 Å². The van der Waals surface area contributed by atoms with Crippen LogP contribution in [-0.2, 0) is 18.0 Å². The molecule has 4 nitrogen and oxygen atoms in total. The quantitative estimate of drug-likeness (QED) is 0.780. The molecule has 0 spiro atoms. The SMILES string of the molecule is Cc1cc(C(C)N[S+]([O-])C(C)(C)C)ncc1OCc1ccc(F)cc1. The van der Waals surface area contributed by atoms with E-state index in [-0.39, 0.29) is 16.6 Å². The molecule has 2 rings (SSSR count). The third kappa shape index (κ3) is 5.70. The Morgan fingerprint density at radius 2 is 1.92 bits per heavy atom. The van der Waals surface area contributed by atoms with Gasteiger partial charge in [-0.2, -0.15) is 0 Å². The van der Waals surface area contributed by atoms with Gasteiger partial charge in [0.25, 0.3) is 0 Å². The molecular formula is C19H25FN2O2S. The molecule has 0 aliphatic carbocycles. The molecule has 1 aromatic heterocycles. The Bertz CT molecular complexity index is 702. The highest BCUT2D eigenvalue weighted by molar-refractivity contribution is 7.90. The van der Waals surface area contributed by atoms with Crippen LogP contribution in [0.2, 0.25) is 0 Å². The summed E-state index contributed by atoms with van der Waals surface area (Å²) >= 11 is -1.16. The van der Waals surface area contributed by atoms with E-state index >= 15 is 0 Å². The second-order valence-corrected chi connectivity index (χ2v) is 9.01. The van der Waals surface area contributed by atoms with Crippen LogP contribution < -0.4 is 9.46 Å². The minimum absolute atomic E-state index is 0.134. The minimum atomic E-state index is -1.16. The standard InChI is InChI=1S/C19H25FN2O2S/c1-13-10-17(14(2)22-25(23)19(3,4)5)21-11-18(13)24-12-15-6-8-16(20)9-7-15/h6-11,14,22H,12H2,1-5H3. The lowest BCUT2D eigenvalue weighted by Gasteiger charge is -2.26. The smallest absolute Gasteiger partial charge is 0.141 e. The molecule has 0 saturated carbocycles. The first-order valence-electron chi connectivity index (χ1n) is 8.18. The second kappa shape index (κ2) is 8.17. The van der Waals surface area contributed by atoms with Gasteiger partial charge in [0.05, 0.1) is 17.9 Å². The molecule has 2 atom stereocenters. The van der Waals surface area contributed by atoms with Gasteiger partial charge in [0, 0.05) is 11.4 Å². The molecule has 136 valence electrons. The Morgan fingerprint density at radius 1 is 1.28 bits per heavy atom. The maximum absolute atomic E-state index is 12.9. The molecule has 0 amide bonds. The number of nitrogens with one attached hydrogen (secondary N) is 1. The Morgan fingerprint density at radius 3 is 2.48 bits per heavy atom. The summed E-state index contributed by atoms with van der Waals surface area (Å²) in [6.07, 6.45) is 1.67. The second-order valence-electron chi connectivity index (χ2n) is 7.01. The van der Waals surface area contributed by atoms with Crippen LogP contribution in [0.15, 0.2) is 36.5 Å². The van der Waals surface area contributed by atoms with E-state index in [0.29, 0.717) is 12.4 Å². The first kappa shape index (κ1) is 19.7. The lowest BCUT2D eigenvalue weighted by Crippen LogP contribution is -2.40. The Hall–Kier alpha value is -1.63. The van der Waals surface area contributed by atoms with Crippen LogP contribution in [0.25, 0.3) is 0 Å². The number of aromatic nitrogens is 1. The van der Waals surface area contributed by atoms with E-state index in [9.17, 15) is 8.94 Å². The number of ether oxygens (including phenoxy) is 1. The van der Waals surface area contributed by atoms with Gasteiger partial charge in [-0.15, -0.1) is 4.72 Å². The molecular weight excluding hydrogens is 339 g/mol. The van der Waals surface area contributed by atoms with Crippen molar-refractivity contribution in [1.29, 1.82) is 0 Å². The van der Waals surface area contributed by atoms with Gasteiger partial charge in [-0.25, -0.2) is 4.39 Å². The van der Waals surface area contributed by atoms with Gasteiger partial charge in [0.15, 0.2) is 0 Å². The van der Waals surface area contributed by atoms with Gasteiger partial charge >= 0.3 is 0 Å². The third-order valence-electron chi connectivity index (χ3n) is 3.68. The van der Waals surface area contributed by atoms with Gasteiger partial charge in [-0.1, -0.05) is 12.1 Å². The fourth-order valence-electron chi connectivity index (χ4n) is 2.09. The van der Waals surface area contributed by atoms with Crippen LogP contribution in [-0.4, -0.2) is 14.3 Å². The molecule has 0 radical (unpaired) electrons. The maximum Gasteiger partial charge on any atom is 0.141 e. The van der Waals surface area contributed by atoms with Gasteiger partial charge in [0.2, 0.25) is 0 Å². The molecule has 1 heterocycles. The predicted molar refractivity (Wildman–Crippen MR) is 99.2 cm³/mol. The van der Waals surface area contributed by atoms with E-state index < -0.39 is 11.4 Å². The summed E-state index contributed by atoms with van der Waals surface area (Å²) in [6, 6.07) is 8.01. The number of nitrogens with zero attached hydrogens (tertiary/aromatic N) is 1. The first-order chi connectivity index (χ1) is 11.7. The van der Waals surface area contributed by atoms with E-state index in [2.05, 4.69) is 9.71 Å². The largest absolute Gasteiger partial charge is 0.598 e. The van der Waals surface area contributed by atoms with Crippen LogP contribution in [0.1, 0.15) is 50.6 Å². The summed E-state index contributed by atoms with van der Waals surface area (Å²) in [5, 5.41) is 0. The van der Waals surface area contributed by atoms with Crippen molar-refractivity contribution in [2.24, 2.45) is 0 Å². The average Bonchev–Trinajstić information content (AvgIpc) is 2.54. The molecule has 0 aliphatic heterocycles. The van der Waals surface area contributed by atoms with Crippen molar-refractivity contribution < 1.29 is 13.7 Å². The van der Waals surface area contributed by atoms with Crippen molar-refractivity contribution in [3.8, 4) is 5.75 Å². The van der Waals surface area contributed by atoms with Crippen molar-refractivity contribution in [2.45, 2.75) is 52.0 Å². The van der Waals surface area contributed by atoms with Crippen LogP contribution >= 0.6 is 0 Å². The molecule has 6 heteroatoms. The highest BCUT2D eigenvalue weighted by atomic mass is 32.2. The van der Waals surface area contributed by atoms with Crippen LogP contribution in [0.4, 0.5) is 4.39 Å². The predicted octanol–water partition coefficient (Wildman–Crippen LogP) is 4.22. The van der Waals surface area contributed by atoms with Crippen molar-refractivity contribution >= 4 is 11.4 Å². The zero-order chi connectivity index (χ0) is 18.6. The van der Waals surface area contributed by atoms with E-state index in [1.54, 1.807) is 18.3 Å². The fraction of sp³-hybridized carbons (Fsp3) is 0.421. The number of aryl methyl sites for hydroxylation is 1. The maximum atomic E-state index is 12.9. The third-order valence-corrected chi connectivity index (χ3v) is 5.36. The summed E-state index contributed by atoms with van der Waals surface area (Å²) in [5.41, 5.74) is 2.65. The lowest BCUT2D eigenvalue weighted by atomic mass is 10.1. The molecule has 0 saturated heterocycles. The minimum Gasteiger partial charge on any atom is -0.598 e. The van der Waals surface area contributed by atoms with E-state index in [4.69, 9.17) is 4.74 Å². The number of rotatable bonds is 6. The number of benzene rings is 1. The zero-order valence-corrected chi connectivity index (χ0v) is 16.1. The van der Waals surface area contributed by atoms with Gasteiger partial charge in [-0.05, 0) is 63.9 Å². The number of pyridine rings is 1. The van der Waals surface area contributed by atoms with Crippen molar-refractivity contribution in [2.75, 3.05) is 0 Å². The van der Waals surface area contributed by atoms with Crippen LogP contribution in [0.5, 0.6) is 5.75 Å². The molecule has 1 aromatic carbocycles. The molecule has 1 N–H and O–H groups in total. The summed E-state index contributed by atoms with van der Waals surface area (Å²) in [5.74, 6) is 0.414. The molecule has 25 heavy (non-hydrogen) atoms. The zero-order valence-electron chi connectivity index (χ0n) is 15.3. The molecule has 0 bridgehead atoms. The summed E-state index contributed by atoms with van der Waals surface area (Å²) in [4.78, 5) is 4.42. The van der Waals surface area contributed by atoms with Crippen LogP contribution in [0, 0.1) is 12.7 Å². The van der Waals surface area contributed by atoms with Crippen molar-refractivity contribution in [3.63, 3.8) is 0 Å². The van der Waals surface area contributed by atoms with Gasteiger partial charge < -0.3 is 9.29 Å².